The minimum atomic E-state index is 0.448. The SMILES string of the molecule is CC1CC=CCC1COc1ncccc1C=O. The standard InChI is InChI=1S/C14H17NO2/c1-11-5-2-3-6-13(11)10-17-14-12(9-16)7-4-8-15-14/h2-4,7-9,11,13H,5-6,10H2,1H3. The Morgan fingerprint density at radius 2 is 2.29 bits per heavy atom. The van der Waals surface area contributed by atoms with Crippen molar-refractivity contribution in [3.05, 3.63) is 36.0 Å². The molecule has 90 valence electrons. The summed E-state index contributed by atoms with van der Waals surface area (Å²) in [6, 6.07) is 3.46. The number of nitrogens with zero attached hydrogens (tertiary/aromatic N) is 1. The minimum absolute atomic E-state index is 0.448. The predicted octanol–water partition coefficient (Wildman–Crippen LogP) is 2.88. The normalized spacial score (nSPS) is 23.4. The van der Waals surface area contributed by atoms with Crippen LogP contribution in [0.15, 0.2) is 30.5 Å². The van der Waals surface area contributed by atoms with Gasteiger partial charge in [-0.15, -0.1) is 0 Å². The van der Waals surface area contributed by atoms with Gasteiger partial charge in [-0.3, -0.25) is 4.79 Å². The number of aldehydes is 1. The van der Waals surface area contributed by atoms with Crippen LogP contribution in [-0.2, 0) is 0 Å². The average Bonchev–Trinajstić information content (AvgIpc) is 2.38. The molecule has 1 aliphatic rings. The summed E-state index contributed by atoms with van der Waals surface area (Å²) in [6.07, 6.45) is 9.01. The zero-order chi connectivity index (χ0) is 12.1. The van der Waals surface area contributed by atoms with E-state index < -0.39 is 0 Å². The van der Waals surface area contributed by atoms with Crippen LogP contribution in [0.3, 0.4) is 0 Å². The second-order valence-corrected chi connectivity index (χ2v) is 4.51. The second-order valence-electron chi connectivity index (χ2n) is 4.51. The van der Waals surface area contributed by atoms with E-state index in [2.05, 4.69) is 24.1 Å². The van der Waals surface area contributed by atoms with Crippen LogP contribution >= 0.6 is 0 Å². The van der Waals surface area contributed by atoms with E-state index in [-0.39, 0.29) is 0 Å². The number of aromatic nitrogens is 1. The molecule has 0 saturated carbocycles. The van der Waals surface area contributed by atoms with Crippen LogP contribution in [-0.4, -0.2) is 17.9 Å². The van der Waals surface area contributed by atoms with Crippen molar-refractivity contribution in [2.75, 3.05) is 6.61 Å². The first kappa shape index (κ1) is 11.8. The fourth-order valence-corrected chi connectivity index (χ4v) is 2.04. The van der Waals surface area contributed by atoms with Crippen LogP contribution in [0.4, 0.5) is 0 Å². The Bertz CT molecular complexity index is 414. The zero-order valence-electron chi connectivity index (χ0n) is 10.0. The maximum Gasteiger partial charge on any atom is 0.224 e. The summed E-state index contributed by atoms with van der Waals surface area (Å²) in [6.45, 7) is 2.86. The molecule has 0 spiro atoms. The largest absolute Gasteiger partial charge is 0.477 e. The molecular formula is C14H17NO2. The lowest BCUT2D eigenvalue weighted by atomic mass is 9.85. The Balaban J connectivity index is 1.97. The van der Waals surface area contributed by atoms with Gasteiger partial charge in [0.2, 0.25) is 5.88 Å². The summed E-state index contributed by atoms with van der Waals surface area (Å²) < 4.78 is 5.66. The van der Waals surface area contributed by atoms with Crippen molar-refractivity contribution in [1.82, 2.24) is 4.98 Å². The molecule has 1 aromatic rings. The molecule has 1 heterocycles. The summed E-state index contributed by atoms with van der Waals surface area (Å²) in [5, 5.41) is 0. The van der Waals surface area contributed by atoms with E-state index in [1.165, 1.54) is 0 Å². The number of hydrogen-bond donors (Lipinski definition) is 0. The third kappa shape index (κ3) is 2.93. The number of allylic oxidation sites excluding steroid dienone is 2. The average molecular weight is 231 g/mol. The lowest BCUT2D eigenvalue weighted by Gasteiger charge is -2.25. The van der Waals surface area contributed by atoms with Crippen molar-refractivity contribution in [1.29, 1.82) is 0 Å². The second kappa shape index (κ2) is 5.62. The molecule has 0 aliphatic heterocycles. The van der Waals surface area contributed by atoms with E-state index in [1.807, 2.05) is 0 Å². The first-order valence-corrected chi connectivity index (χ1v) is 5.99. The summed E-state index contributed by atoms with van der Waals surface area (Å²) in [5.74, 6) is 1.59. The summed E-state index contributed by atoms with van der Waals surface area (Å²) in [7, 11) is 0. The van der Waals surface area contributed by atoms with Crippen LogP contribution in [0.1, 0.15) is 30.1 Å². The molecule has 0 fully saturated rings. The summed E-state index contributed by atoms with van der Waals surface area (Å²) in [5.41, 5.74) is 0.520. The van der Waals surface area contributed by atoms with E-state index in [4.69, 9.17) is 4.74 Å². The predicted molar refractivity (Wildman–Crippen MR) is 66.1 cm³/mol. The van der Waals surface area contributed by atoms with Crippen LogP contribution in [0.5, 0.6) is 5.88 Å². The topological polar surface area (TPSA) is 39.2 Å². The van der Waals surface area contributed by atoms with Gasteiger partial charge in [0.1, 0.15) is 0 Å². The number of ether oxygens (including phenoxy) is 1. The van der Waals surface area contributed by atoms with E-state index in [1.54, 1.807) is 18.3 Å². The highest BCUT2D eigenvalue weighted by molar-refractivity contribution is 5.77. The third-order valence-corrected chi connectivity index (χ3v) is 3.28. The van der Waals surface area contributed by atoms with E-state index in [0.717, 1.165) is 19.1 Å². The molecule has 2 unspecified atom stereocenters. The Morgan fingerprint density at radius 1 is 1.47 bits per heavy atom. The maximum atomic E-state index is 10.8. The lowest BCUT2D eigenvalue weighted by molar-refractivity contribution is 0.111. The van der Waals surface area contributed by atoms with Crippen LogP contribution < -0.4 is 4.74 Å². The highest BCUT2D eigenvalue weighted by Crippen LogP contribution is 2.25. The van der Waals surface area contributed by atoms with Gasteiger partial charge >= 0.3 is 0 Å². The molecule has 0 saturated heterocycles. The van der Waals surface area contributed by atoms with Gasteiger partial charge in [-0.1, -0.05) is 19.1 Å². The first-order chi connectivity index (χ1) is 8.31. The van der Waals surface area contributed by atoms with Gasteiger partial charge in [0.25, 0.3) is 0 Å². The molecule has 1 aliphatic carbocycles. The molecule has 0 bridgehead atoms. The number of hydrogen-bond acceptors (Lipinski definition) is 3. The summed E-state index contributed by atoms with van der Waals surface area (Å²) >= 11 is 0. The number of pyridine rings is 1. The van der Waals surface area contributed by atoms with Gasteiger partial charge in [-0.05, 0) is 36.8 Å². The molecule has 3 nitrogen and oxygen atoms in total. The summed E-state index contributed by atoms with van der Waals surface area (Å²) in [4.78, 5) is 14.9. The van der Waals surface area contributed by atoms with Crippen molar-refractivity contribution < 1.29 is 9.53 Å². The van der Waals surface area contributed by atoms with Gasteiger partial charge in [0.05, 0.1) is 12.2 Å². The van der Waals surface area contributed by atoms with Crippen LogP contribution in [0, 0.1) is 11.8 Å². The molecule has 0 radical (unpaired) electrons. The van der Waals surface area contributed by atoms with Gasteiger partial charge in [-0.25, -0.2) is 4.98 Å². The molecule has 2 rings (SSSR count). The lowest BCUT2D eigenvalue weighted by Crippen LogP contribution is -2.21. The van der Waals surface area contributed by atoms with Gasteiger partial charge in [0, 0.05) is 6.20 Å². The Hall–Kier alpha value is -1.64. The van der Waals surface area contributed by atoms with Gasteiger partial charge in [0.15, 0.2) is 6.29 Å². The minimum Gasteiger partial charge on any atom is -0.477 e. The monoisotopic (exact) mass is 231 g/mol. The van der Waals surface area contributed by atoms with Gasteiger partial charge < -0.3 is 4.74 Å². The molecule has 1 aromatic heterocycles. The van der Waals surface area contributed by atoms with Gasteiger partial charge in [-0.2, -0.15) is 0 Å². The molecule has 2 atom stereocenters. The van der Waals surface area contributed by atoms with Crippen molar-refractivity contribution in [2.24, 2.45) is 11.8 Å². The van der Waals surface area contributed by atoms with E-state index in [0.29, 0.717) is 29.9 Å². The first-order valence-electron chi connectivity index (χ1n) is 5.99. The number of carbonyl (C=O) groups is 1. The molecule has 0 amide bonds. The fraction of sp³-hybridized carbons (Fsp3) is 0.429. The third-order valence-electron chi connectivity index (χ3n) is 3.28. The molecule has 0 N–H and O–H groups in total. The highest BCUT2D eigenvalue weighted by atomic mass is 16.5. The molecule has 0 aromatic carbocycles. The van der Waals surface area contributed by atoms with Crippen LogP contribution in [0.25, 0.3) is 0 Å². The molecular weight excluding hydrogens is 214 g/mol. The maximum absolute atomic E-state index is 10.8. The highest BCUT2D eigenvalue weighted by Gasteiger charge is 2.19. The molecule has 3 heteroatoms. The number of rotatable bonds is 4. The zero-order valence-corrected chi connectivity index (χ0v) is 10.0. The van der Waals surface area contributed by atoms with Crippen molar-refractivity contribution in [3.8, 4) is 5.88 Å². The Kier molecular flexibility index (Phi) is 3.91. The van der Waals surface area contributed by atoms with Crippen molar-refractivity contribution in [3.63, 3.8) is 0 Å². The number of carbonyl (C=O) groups excluding carboxylic acids is 1. The quantitative estimate of drug-likeness (QED) is 0.591. The van der Waals surface area contributed by atoms with Crippen LogP contribution in [0.2, 0.25) is 0 Å². The van der Waals surface area contributed by atoms with E-state index in [9.17, 15) is 4.79 Å². The Morgan fingerprint density at radius 3 is 3.06 bits per heavy atom. The fourth-order valence-electron chi connectivity index (χ4n) is 2.04. The van der Waals surface area contributed by atoms with E-state index >= 15 is 0 Å². The smallest absolute Gasteiger partial charge is 0.224 e. The molecule has 17 heavy (non-hydrogen) atoms. The van der Waals surface area contributed by atoms with Crippen molar-refractivity contribution >= 4 is 6.29 Å². The Labute approximate surface area is 102 Å². The van der Waals surface area contributed by atoms with Crippen molar-refractivity contribution in [2.45, 2.75) is 19.8 Å².